The van der Waals surface area contributed by atoms with Gasteiger partial charge in [-0.3, -0.25) is 14.9 Å². The van der Waals surface area contributed by atoms with E-state index in [1.54, 1.807) is 12.4 Å². The number of piperidine rings is 1. The fourth-order valence-corrected chi connectivity index (χ4v) is 3.80. The molecule has 6 nitrogen and oxygen atoms in total. The van der Waals surface area contributed by atoms with E-state index in [9.17, 15) is 0 Å². The van der Waals surface area contributed by atoms with Crippen LogP contribution in [-0.4, -0.2) is 58.2 Å². The molecule has 0 aromatic carbocycles. The lowest BCUT2D eigenvalue weighted by molar-refractivity contribution is -0.116. The summed E-state index contributed by atoms with van der Waals surface area (Å²) in [5.41, 5.74) is 1.21. The first-order valence-electron chi connectivity index (χ1n) is 8.59. The monoisotopic (exact) mass is 325 g/mol. The summed E-state index contributed by atoms with van der Waals surface area (Å²) in [7, 11) is 0. The average Bonchev–Trinajstić information content (AvgIpc) is 2.63. The van der Waals surface area contributed by atoms with Gasteiger partial charge in [0.05, 0.1) is 18.4 Å². The maximum Gasteiger partial charge on any atom is 0.147 e. The van der Waals surface area contributed by atoms with E-state index < -0.39 is 0 Å². The molecule has 1 atom stereocenters. The van der Waals surface area contributed by atoms with Gasteiger partial charge in [-0.25, -0.2) is 4.98 Å². The number of anilines is 1. The topological polar surface area (TPSA) is 54.4 Å². The maximum absolute atomic E-state index is 6.28. The Morgan fingerprint density at radius 3 is 2.79 bits per heavy atom. The molecule has 0 unspecified atom stereocenters. The van der Waals surface area contributed by atoms with Crippen LogP contribution < -0.4 is 4.90 Å². The molecular formula is C18H23N5O. The second kappa shape index (κ2) is 6.83. The summed E-state index contributed by atoms with van der Waals surface area (Å²) >= 11 is 0. The van der Waals surface area contributed by atoms with Crippen LogP contribution in [0, 0.1) is 0 Å². The number of pyridine rings is 1. The molecule has 126 valence electrons. The predicted octanol–water partition coefficient (Wildman–Crippen LogP) is 1.74. The number of rotatable bonds is 3. The molecule has 0 radical (unpaired) electrons. The van der Waals surface area contributed by atoms with Crippen molar-refractivity contribution in [3.8, 4) is 0 Å². The first-order chi connectivity index (χ1) is 11.8. The number of ether oxygens (including phenoxy) is 1. The first kappa shape index (κ1) is 15.5. The molecule has 0 amide bonds. The van der Waals surface area contributed by atoms with Gasteiger partial charge in [-0.2, -0.15) is 0 Å². The first-order valence-corrected chi connectivity index (χ1v) is 8.59. The van der Waals surface area contributed by atoms with Crippen molar-refractivity contribution in [1.82, 2.24) is 19.9 Å². The van der Waals surface area contributed by atoms with Crippen molar-refractivity contribution in [2.45, 2.75) is 25.0 Å². The van der Waals surface area contributed by atoms with Gasteiger partial charge in [0.2, 0.25) is 0 Å². The summed E-state index contributed by atoms with van der Waals surface area (Å²) in [4.78, 5) is 17.6. The average molecular weight is 325 g/mol. The highest BCUT2D eigenvalue weighted by Crippen LogP contribution is 2.31. The van der Waals surface area contributed by atoms with E-state index >= 15 is 0 Å². The molecule has 6 heteroatoms. The van der Waals surface area contributed by atoms with Gasteiger partial charge < -0.3 is 9.64 Å². The van der Waals surface area contributed by atoms with Crippen molar-refractivity contribution in [3.63, 3.8) is 0 Å². The van der Waals surface area contributed by atoms with Gasteiger partial charge in [-0.15, -0.1) is 0 Å². The smallest absolute Gasteiger partial charge is 0.147 e. The SMILES string of the molecule is c1cc(CN2CCO[C@@]3(CCCN(c4cnccn4)C3)C2)ccn1. The Morgan fingerprint density at radius 2 is 1.96 bits per heavy atom. The maximum atomic E-state index is 6.28. The zero-order valence-electron chi connectivity index (χ0n) is 13.8. The van der Waals surface area contributed by atoms with Crippen LogP contribution in [0.15, 0.2) is 43.1 Å². The molecule has 2 saturated heterocycles. The Morgan fingerprint density at radius 1 is 1.04 bits per heavy atom. The molecule has 24 heavy (non-hydrogen) atoms. The summed E-state index contributed by atoms with van der Waals surface area (Å²) in [6, 6.07) is 4.18. The molecule has 0 N–H and O–H groups in total. The number of hydrogen-bond acceptors (Lipinski definition) is 6. The molecule has 2 aliphatic heterocycles. The fourth-order valence-electron chi connectivity index (χ4n) is 3.80. The van der Waals surface area contributed by atoms with E-state index in [1.807, 2.05) is 18.6 Å². The molecule has 4 heterocycles. The van der Waals surface area contributed by atoms with E-state index in [0.29, 0.717) is 0 Å². The zero-order valence-corrected chi connectivity index (χ0v) is 13.8. The van der Waals surface area contributed by atoms with Crippen molar-refractivity contribution >= 4 is 5.82 Å². The Kier molecular flexibility index (Phi) is 4.40. The van der Waals surface area contributed by atoms with Crippen molar-refractivity contribution in [2.75, 3.05) is 37.7 Å². The summed E-state index contributed by atoms with van der Waals surface area (Å²) in [5, 5.41) is 0. The van der Waals surface area contributed by atoms with Gasteiger partial charge in [0.1, 0.15) is 5.82 Å². The lowest BCUT2D eigenvalue weighted by Gasteiger charge is -2.48. The molecule has 0 saturated carbocycles. The van der Waals surface area contributed by atoms with E-state index in [-0.39, 0.29) is 5.60 Å². The molecule has 2 fully saturated rings. The molecular weight excluding hydrogens is 302 g/mol. The van der Waals surface area contributed by atoms with Crippen LogP contribution in [0.3, 0.4) is 0 Å². The zero-order chi connectivity index (χ0) is 16.2. The standard InChI is InChI=1S/C18H23N5O/c1-4-18(15-23(9-1)17-12-20-7-8-21-17)14-22(10-11-24-18)13-16-2-5-19-6-3-16/h2-3,5-8,12H,1,4,9-11,13-15H2/t18-/m0/s1. The van der Waals surface area contributed by atoms with Crippen LogP contribution in [0.25, 0.3) is 0 Å². The van der Waals surface area contributed by atoms with Crippen molar-refractivity contribution in [3.05, 3.63) is 48.7 Å². The van der Waals surface area contributed by atoms with Gasteiger partial charge in [-0.05, 0) is 30.5 Å². The summed E-state index contributed by atoms with van der Waals surface area (Å²) < 4.78 is 6.28. The molecule has 2 aromatic heterocycles. The minimum atomic E-state index is -0.0962. The largest absolute Gasteiger partial charge is 0.370 e. The van der Waals surface area contributed by atoms with Crippen LogP contribution in [0.2, 0.25) is 0 Å². The van der Waals surface area contributed by atoms with Gasteiger partial charge in [0.15, 0.2) is 0 Å². The molecule has 1 spiro atoms. The van der Waals surface area contributed by atoms with Gasteiger partial charge in [0, 0.05) is 57.5 Å². The summed E-state index contributed by atoms with van der Waals surface area (Å²) in [6.45, 7) is 5.60. The number of aromatic nitrogens is 3. The summed E-state index contributed by atoms with van der Waals surface area (Å²) in [6.07, 6.45) is 11.3. The van der Waals surface area contributed by atoms with E-state index in [0.717, 1.165) is 58.0 Å². The highest BCUT2D eigenvalue weighted by Gasteiger charge is 2.40. The molecule has 4 rings (SSSR count). The normalized spacial score (nSPS) is 25.1. The van der Waals surface area contributed by atoms with Crippen molar-refractivity contribution < 1.29 is 4.74 Å². The molecule has 0 aliphatic carbocycles. The van der Waals surface area contributed by atoms with Crippen LogP contribution >= 0.6 is 0 Å². The van der Waals surface area contributed by atoms with E-state index in [2.05, 4.69) is 36.9 Å². The van der Waals surface area contributed by atoms with Crippen LogP contribution in [0.1, 0.15) is 18.4 Å². The van der Waals surface area contributed by atoms with Gasteiger partial charge in [0.25, 0.3) is 0 Å². The van der Waals surface area contributed by atoms with Crippen LogP contribution in [0.4, 0.5) is 5.82 Å². The van der Waals surface area contributed by atoms with Crippen LogP contribution in [0.5, 0.6) is 0 Å². The highest BCUT2D eigenvalue weighted by atomic mass is 16.5. The highest BCUT2D eigenvalue weighted by molar-refractivity contribution is 5.36. The number of hydrogen-bond donors (Lipinski definition) is 0. The van der Waals surface area contributed by atoms with Crippen molar-refractivity contribution in [2.24, 2.45) is 0 Å². The number of nitrogens with zero attached hydrogens (tertiary/aromatic N) is 5. The van der Waals surface area contributed by atoms with Crippen LogP contribution in [-0.2, 0) is 11.3 Å². The summed E-state index contributed by atoms with van der Waals surface area (Å²) in [5.74, 6) is 0.950. The van der Waals surface area contributed by atoms with Crippen molar-refractivity contribution in [1.29, 1.82) is 0 Å². The Bertz CT molecular complexity index is 649. The van der Waals surface area contributed by atoms with Gasteiger partial charge in [-0.1, -0.05) is 0 Å². The fraction of sp³-hybridized carbons (Fsp3) is 0.500. The Balaban J connectivity index is 1.45. The predicted molar refractivity (Wildman–Crippen MR) is 91.7 cm³/mol. The molecule has 2 aromatic rings. The third kappa shape index (κ3) is 3.39. The lowest BCUT2D eigenvalue weighted by Crippen LogP contribution is -2.59. The quantitative estimate of drug-likeness (QED) is 0.857. The number of morpholine rings is 1. The third-order valence-corrected chi connectivity index (χ3v) is 4.90. The molecule has 0 bridgehead atoms. The van der Waals surface area contributed by atoms with E-state index in [4.69, 9.17) is 4.74 Å². The van der Waals surface area contributed by atoms with E-state index in [1.165, 1.54) is 5.56 Å². The second-order valence-electron chi connectivity index (χ2n) is 6.69. The molecule has 2 aliphatic rings. The third-order valence-electron chi connectivity index (χ3n) is 4.90. The second-order valence-corrected chi connectivity index (χ2v) is 6.69. The lowest BCUT2D eigenvalue weighted by atomic mass is 9.90. The minimum Gasteiger partial charge on any atom is -0.370 e. The van der Waals surface area contributed by atoms with Gasteiger partial charge >= 0.3 is 0 Å². The Labute approximate surface area is 142 Å². The minimum absolute atomic E-state index is 0.0962. The Hall–Kier alpha value is -2.05.